The molecule has 0 amide bonds. The highest BCUT2D eigenvalue weighted by Gasteiger charge is 2.09. The molecule has 0 aromatic heterocycles. The predicted molar refractivity (Wildman–Crippen MR) is 64.6 cm³/mol. The Balaban J connectivity index is 2.46. The van der Waals surface area contributed by atoms with Gasteiger partial charge in [-0.25, -0.2) is 0 Å². The number of ketones is 1. The zero-order valence-corrected chi connectivity index (χ0v) is 10.4. The van der Waals surface area contributed by atoms with Gasteiger partial charge in [-0.3, -0.25) is 4.79 Å². The molecule has 0 bridgehead atoms. The van der Waals surface area contributed by atoms with Gasteiger partial charge in [-0.05, 0) is 31.2 Å². The van der Waals surface area contributed by atoms with Gasteiger partial charge in [0.25, 0.3) is 0 Å². The molecule has 0 saturated carbocycles. The molecule has 1 unspecified atom stereocenters. The van der Waals surface area contributed by atoms with Crippen LogP contribution >= 0.6 is 0 Å². The van der Waals surface area contributed by atoms with Crippen LogP contribution in [0.15, 0.2) is 24.3 Å². The smallest absolute Gasteiger partial charge is 0.188 e. The van der Waals surface area contributed by atoms with Crippen LogP contribution in [0.25, 0.3) is 0 Å². The first-order valence-corrected chi connectivity index (χ1v) is 5.45. The summed E-state index contributed by atoms with van der Waals surface area (Å²) in [6.07, 6.45) is -0.0813. The van der Waals surface area contributed by atoms with E-state index in [4.69, 9.17) is 14.2 Å². The topological polar surface area (TPSA) is 44.8 Å². The second kappa shape index (κ2) is 7.04. The first-order chi connectivity index (χ1) is 8.17. The average molecular weight is 238 g/mol. The highest BCUT2D eigenvalue weighted by molar-refractivity contribution is 5.97. The van der Waals surface area contributed by atoms with E-state index < -0.39 is 0 Å². The lowest BCUT2D eigenvalue weighted by molar-refractivity contribution is 0.0125. The Kier molecular flexibility index (Phi) is 5.66. The molecule has 17 heavy (non-hydrogen) atoms. The molecule has 1 aromatic rings. The third-order valence-electron chi connectivity index (χ3n) is 2.31. The van der Waals surface area contributed by atoms with Gasteiger partial charge in [0.2, 0.25) is 0 Å². The molecule has 1 aromatic carbocycles. The molecule has 0 N–H and O–H groups in total. The Morgan fingerprint density at radius 1 is 1.24 bits per heavy atom. The summed E-state index contributed by atoms with van der Waals surface area (Å²) in [6, 6.07) is 6.97. The fourth-order valence-electron chi connectivity index (χ4n) is 1.36. The number of hydrogen-bond acceptors (Lipinski definition) is 4. The summed E-state index contributed by atoms with van der Waals surface area (Å²) in [5.41, 5.74) is 0.621. The van der Waals surface area contributed by atoms with E-state index in [9.17, 15) is 4.79 Å². The van der Waals surface area contributed by atoms with Crippen molar-refractivity contribution in [3.05, 3.63) is 29.8 Å². The third kappa shape index (κ3) is 4.54. The van der Waals surface area contributed by atoms with Gasteiger partial charge in [0.15, 0.2) is 5.78 Å². The van der Waals surface area contributed by atoms with Gasteiger partial charge >= 0.3 is 0 Å². The lowest BCUT2D eigenvalue weighted by atomic mass is 10.1. The molecule has 0 spiro atoms. The maximum Gasteiger partial charge on any atom is 0.188 e. The number of methoxy groups -OCH3 is 2. The molecule has 0 radical (unpaired) electrons. The van der Waals surface area contributed by atoms with Crippen LogP contribution in [-0.4, -0.2) is 39.3 Å². The number of carbonyl (C=O) groups excluding carboxylic acids is 1. The van der Waals surface area contributed by atoms with Gasteiger partial charge in [-0.2, -0.15) is 0 Å². The molecule has 4 nitrogen and oxygen atoms in total. The highest BCUT2D eigenvalue weighted by Crippen LogP contribution is 2.11. The van der Waals surface area contributed by atoms with Crippen molar-refractivity contribution in [2.24, 2.45) is 0 Å². The fourth-order valence-corrected chi connectivity index (χ4v) is 1.36. The first-order valence-electron chi connectivity index (χ1n) is 5.45. The zero-order valence-electron chi connectivity index (χ0n) is 10.4. The maximum atomic E-state index is 11.7. The molecular formula is C13H18O4. The van der Waals surface area contributed by atoms with E-state index in [0.717, 1.165) is 5.75 Å². The Labute approximate surface area is 101 Å². The van der Waals surface area contributed by atoms with E-state index in [2.05, 4.69) is 0 Å². The quantitative estimate of drug-likeness (QED) is 0.681. The lowest BCUT2D eigenvalue weighted by Gasteiger charge is -2.11. The lowest BCUT2D eigenvalue weighted by Crippen LogP contribution is -2.19. The molecule has 0 aliphatic heterocycles. The number of carbonyl (C=O) groups is 1. The second-order valence-electron chi connectivity index (χ2n) is 3.73. The summed E-state index contributed by atoms with van der Waals surface area (Å²) in [4.78, 5) is 11.7. The number of rotatable bonds is 7. The minimum absolute atomic E-state index is 0.0457. The van der Waals surface area contributed by atoms with Gasteiger partial charge in [-0.1, -0.05) is 0 Å². The van der Waals surface area contributed by atoms with E-state index in [1.807, 2.05) is 6.92 Å². The van der Waals surface area contributed by atoms with Crippen molar-refractivity contribution < 1.29 is 19.0 Å². The van der Waals surface area contributed by atoms with Crippen LogP contribution in [-0.2, 0) is 9.47 Å². The van der Waals surface area contributed by atoms with Crippen LogP contribution in [0.1, 0.15) is 17.3 Å². The van der Waals surface area contributed by atoms with E-state index in [0.29, 0.717) is 12.2 Å². The van der Waals surface area contributed by atoms with Crippen LogP contribution in [0.5, 0.6) is 5.75 Å². The maximum absolute atomic E-state index is 11.7. The Hall–Kier alpha value is -1.39. The van der Waals surface area contributed by atoms with Gasteiger partial charge in [0.05, 0.1) is 19.8 Å². The van der Waals surface area contributed by atoms with Gasteiger partial charge in [-0.15, -0.1) is 0 Å². The zero-order chi connectivity index (χ0) is 12.7. The predicted octanol–water partition coefficient (Wildman–Crippen LogP) is 1.93. The van der Waals surface area contributed by atoms with Crippen LogP contribution in [0, 0.1) is 0 Å². The standard InChI is InChI=1S/C13H18O4/c1-10(8-15-2)17-9-13(14)11-4-6-12(16-3)7-5-11/h4-7,10H,8-9H2,1-3H3. The van der Waals surface area contributed by atoms with Gasteiger partial charge in [0.1, 0.15) is 12.4 Å². The number of Topliss-reactive ketones (excluding diaryl/α,β-unsaturated/α-hetero) is 1. The highest BCUT2D eigenvalue weighted by atomic mass is 16.5. The van der Waals surface area contributed by atoms with Crippen molar-refractivity contribution in [3.8, 4) is 5.75 Å². The SMILES string of the molecule is COCC(C)OCC(=O)c1ccc(OC)cc1. The van der Waals surface area contributed by atoms with Crippen molar-refractivity contribution >= 4 is 5.78 Å². The van der Waals surface area contributed by atoms with Crippen molar-refractivity contribution in [1.29, 1.82) is 0 Å². The number of benzene rings is 1. The normalized spacial score (nSPS) is 12.2. The molecule has 4 heteroatoms. The van der Waals surface area contributed by atoms with Crippen LogP contribution in [0.4, 0.5) is 0 Å². The van der Waals surface area contributed by atoms with Gasteiger partial charge < -0.3 is 14.2 Å². The minimum atomic E-state index is -0.0813. The second-order valence-corrected chi connectivity index (χ2v) is 3.73. The van der Waals surface area contributed by atoms with Crippen molar-refractivity contribution in [3.63, 3.8) is 0 Å². The summed E-state index contributed by atoms with van der Waals surface area (Å²) in [7, 11) is 3.19. The van der Waals surface area contributed by atoms with E-state index in [1.165, 1.54) is 0 Å². The van der Waals surface area contributed by atoms with E-state index >= 15 is 0 Å². The summed E-state index contributed by atoms with van der Waals surface area (Å²) in [5.74, 6) is 0.686. The first kappa shape index (κ1) is 13.7. The molecule has 1 rings (SSSR count). The largest absolute Gasteiger partial charge is 0.497 e. The van der Waals surface area contributed by atoms with Crippen molar-refractivity contribution in [2.45, 2.75) is 13.0 Å². The Morgan fingerprint density at radius 3 is 2.41 bits per heavy atom. The Bertz CT molecular complexity index is 345. The molecule has 0 aliphatic rings. The minimum Gasteiger partial charge on any atom is -0.497 e. The summed E-state index contributed by atoms with van der Waals surface area (Å²) in [6.45, 7) is 2.41. The molecule has 94 valence electrons. The van der Waals surface area contributed by atoms with Crippen LogP contribution in [0.2, 0.25) is 0 Å². The number of ether oxygens (including phenoxy) is 3. The average Bonchev–Trinajstić information content (AvgIpc) is 2.36. The third-order valence-corrected chi connectivity index (χ3v) is 2.31. The molecule has 0 heterocycles. The van der Waals surface area contributed by atoms with Crippen molar-refractivity contribution in [1.82, 2.24) is 0 Å². The molecule has 0 fully saturated rings. The Morgan fingerprint density at radius 2 is 1.88 bits per heavy atom. The molecule has 0 saturated heterocycles. The van der Waals surface area contributed by atoms with Crippen LogP contribution < -0.4 is 4.74 Å². The van der Waals surface area contributed by atoms with Crippen molar-refractivity contribution in [2.75, 3.05) is 27.4 Å². The number of hydrogen-bond donors (Lipinski definition) is 0. The van der Waals surface area contributed by atoms with Crippen LogP contribution in [0.3, 0.4) is 0 Å². The fraction of sp³-hybridized carbons (Fsp3) is 0.462. The summed E-state index contributed by atoms with van der Waals surface area (Å²) < 4.78 is 15.3. The van der Waals surface area contributed by atoms with E-state index in [-0.39, 0.29) is 18.5 Å². The van der Waals surface area contributed by atoms with E-state index in [1.54, 1.807) is 38.5 Å². The van der Waals surface area contributed by atoms with Gasteiger partial charge in [0, 0.05) is 12.7 Å². The summed E-state index contributed by atoms with van der Waals surface area (Å²) >= 11 is 0. The molecule has 1 atom stereocenters. The molecule has 0 aliphatic carbocycles. The molecular weight excluding hydrogens is 220 g/mol. The monoisotopic (exact) mass is 238 g/mol. The summed E-state index contributed by atoms with van der Waals surface area (Å²) in [5, 5.41) is 0.